The summed E-state index contributed by atoms with van der Waals surface area (Å²) in [4.78, 5) is 15.1. The van der Waals surface area contributed by atoms with Crippen molar-refractivity contribution < 1.29 is 14.3 Å². The Balaban J connectivity index is 1.38. The van der Waals surface area contributed by atoms with E-state index in [-0.39, 0.29) is 5.91 Å². The van der Waals surface area contributed by atoms with Gasteiger partial charge in [0.2, 0.25) is 0 Å². The van der Waals surface area contributed by atoms with Crippen LogP contribution in [0.2, 0.25) is 0 Å². The van der Waals surface area contributed by atoms with Crippen LogP contribution in [0.1, 0.15) is 33.7 Å². The Morgan fingerprint density at radius 2 is 2.00 bits per heavy atom. The van der Waals surface area contributed by atoms with E-state index < -0.39 is 0 Å². The van der Waals surface area contributed by atoms with Crippen molar-refractivity contribution in [2.75, 3.05) is 45.4 Å². The number of carbonyl (C=O) groups is 1. The number of methoxy groups -OCH3 is 2. The van der Waals surface area contributed by atoms with Crippen molar-refractivity contribution in [1.82, 2.24) is 20.0 Å². The molecule has 1 aliphatic carbocycles. The third-order valence-electron chi connectivity index (χ3n) is 6.25. The molecule has 0 saturated carbocycles. The number of hydrogen-bond acceptors (Lipinski definition) is 6. The number of hydrogen-bond donors (Lipinski definition) is 1. The van der Waals surface area contributed by atoms with Gasteiger partial charge in [-0.3, -0.25) is 9.48 Å². The van der Waals surface area contributed by atoms with E-state index in [1.807, 2.05) is 40.5 Å². The van der Waals surface area contributed by atoms with Crippen LogP contribution < -0.4 is 14.8 Å². The highest BCUT2D eigenvalue weighted by atomic mass is 32.2. The van der Waals surface area contributed by atoms with Gasteiger partial charge in [-0.25, -0.2) is 0 Å². The van der Waals surface area contributed by atoms with Crippen molar-refractivity contribution in [1.29, 1.82) is 0 Å². The SMILES string of the molecule is COc1ccc(CCNC2CCc3c(c(C(=O)N4CCSCC4)nn3C)C2)cc1OC. The van der Waals surface area contributed by atoms with E-state index in [2.05, 4.69) is 16.5 Å². The second-order valence-electron chi connectivity index (χ2n) is 8.14. The van der Waals surface area contributed by atoms with Gasteiger partial charge in [-0.05, 0) is 49.9 Å². The highest BCUT2D eigenvalue weighted by Gasteiger charge is 2.30. The van der Waals surface area contributed by atoms with Crippen molar-refractivity contribution in [2.24, 2.45) is 7.05 Å². The number of amides is 1. The van der Waals surface area contributed by atoms with Crippen LogP contribution >= 0.6 is 11.8 Å². The van der Waals surface area contributed by atoms with Gasteiger partial charge in [0.25, 0.3) is 5.91 Å². The van der Waals surface area contributed by atoms with Gasteiger partial charge in [-0.15, -0.1) is 0 Å². The molecule has 8 heteroatoms. The minimum atomic E-state index is 0.100. The molecule has 1 saturated heterocycles. The summed E-state index contributed by atoms with van der Waals surface area (Å²) < 4.78 is 12.6. The third-order valence-corrected chi connectivity index (χ3v) is 7.19. The lowest BCUT2D eigenvalue weighted by molar-refractivity contribution is 0.0764. The number of ether oxygens (including phenoxy) is 2. The molecule has 2 aromatic rings. The average Bonchev–Trinajstić information content (AvgIpc) is 3.14. The minimum absolute atomic E-state index is 0.100. The maximum absolute atomic E-state index is 13.1. The second-order valence-corrected chi connectivity index (χ2v) is 9.36. The smallest absolute Gasteiger partial charge is 0.274 e. The van der Waals surface area contributed by atoms with E-state index in [1.54, 1.807) is 14.2 Å². The molecule has 0 bridgehead atoms. The number of nitrogens with zero attached hydrogens (tertiary/aromatic N) is 3. The summed E-state index contributed by atoms with van der Waals surface area (Å²) in [6.07, 6.45) is 3.79. The Morgan fingerprint density at radius 3 is 2.74 bits per heavy atom. The molecule has 1 unspecified atom stereocenters. The molecule has 2 aliphatic rings. The minimum Gasteiger partial charge on any atom is -0.493 e. The second kappa shape index (κ2) is 9.96. The quantitative estimate of drug-likeness (QED) is 0.707. The number of rotatable bonds is 7. The normalized spacial score (nSPS) is 18.5. The number of fused-ring (bicyclic) bond motifs is 1. The fourth-order valence-corrected chi connectivity index (χ4v) is 5.41. The van der Waals surface area contributed by atoms with Crippen LogP contribution in [0.4, 0.5) is 0 Å². The summed E-state index contributed by atoms with van der Waals surface area (Å²) in [6, 6.07) is 6.43. The Hall–Kier alpha value is -2.19. The van der Waals surface area contributed by atoms with Crippen molar-refractivity contribution in [3.8, 4) is 11.5 Å². The van der Waals surface area contributed by atoms with Crippen LogP contribution in [0.15, 0.2) is 18.2 Å². The van der Waals surface area contributed by atoms with Crippen LogP contribution in [0.25, 0.3) is 0 Å². The molecular formula is C23H32N4O3S. The van der Waals surface area contributed by atoms with Gasteiger partial charge < -0.3 is 19.7 Å². The molecule has 1 fully saturated rings. The first-order valence-electron chi connectivity index (χ1n) is 11.0. The first kappa shape index (κ1) is 22.0. The largest absolute Gasteiger partial charge is 0.493 e. The third kappa shape index (κ3) is 4.85. The number of aryl methyl sites for hydroxylation is 1. The van der Waals surface area contributed by atoms with Crippen molar-refractivity contribution in [3.63, 3.8) is 0 Å². The average molecular weight is 445 g/mol. The molecule has 2 heterocycles. The van der Waals surface area contributed by atoms with E-state index in [9.17, 15) is 4.79 Å². The van der Waals surface area contributed by atoms with Gasteiger partial charge in [-0.2, -0.15) is 16.9 Å². The number of carbonyl (C=O) groups excluding carboxylic acids is 1. The molecule has 1 aromatic heterocycles. The summed E-state index contributed by atoms with van der Waals surface area (Å²) in [7, 11) is 5.28. The van der Waals surface area contributed by atoms with Crippen molar-refractivity contribution in [3.05, 3.63) is 40.7 Å². The lowest BCUT2D eigenvalue weighted by atomic mass is 9.91. The van der Waals surface area contributed by atoms with E-state index in [4.69, 9.17) is 9.47 Å². The zero-order valence-corrected chi connectivity index (χ0v) is 19.5. The predicted molar refractivity (Wildman–Crippen MR) is 124 cm³/mol. The van der Waals surface area contributed by atoms with Gasteiger partial charge in [-0.1, -0.05) is 6.07 Å². The van der Waals surface area contributed by atoms with Gasteiger partial charge in [0.05, 0.1) is 14.2 Å². The fraction of sp³-hybridized carbons (Fsp3) is 0.565. The predicted octanol–water partition coefficient (Wildman–Crippen LogP) is 2.32. The Morgan fingerprint density at radius 1 is 1.23 bits per heavy atom. The van der Waals surface area contributed by atoms with E-state index in [0.29, 0.717) is 11.7 Å². The first-order valence-corrected chi connectivity index (χ1v) is 12.1. The Kier molecular flexibility index (Phi) is 7.07. The highest BCUT2D eigenvalue weighted by molar-refractivity contribution is 7.99. The molecule has 1 amide bonds. The fourth-order valence-electron chi connectivity index (χ4n) is 4.51. The summed E-state index contributed by atoms with van der Waals surface area (Å²) in [5.41, 5.74) is 4.23. The maximum Gasteiger partial charge on any atom is 0.274 e. The van der Waals surface area contributed by atoms with Gasteiger partial charge in [0, 0.05) is 48.9 Å². The highest BCUT2D eigenvalue weighted by Crippen LogP contribution is 2.28. The lowest BCUT2D eigenvalue weighted by Crippen LogP contribution is -2.40. The summed E-state index contributed by atoms with van der Waals surface area (Å²) in [5.74, 6) is 3.64. The lowest BCUT2D eigenvalue weighted by Gasteiger charge is -2.27. The molecule has 1 aliphatic heterocycles. The van der Waals surface area contributed by atoms with Crippen LogP contribution in [-0.4, -0.2) is 72.0 Å². The zero-order chi connectivity index (χ0) is 21.8. The molecule has 1 N–H and O–H groups in total. The summed E-state index contributed by atoms with van der Waals surface area (Å²) in [6.45, 7) is 2.52. The molecule has 0 spiro atoms. The topological polar surface area (TPSA) is 68.6 Å². The Bertz CT molecular complexity index is 924. The van der Waals surface area contributed by atoms with Crippen LogP contribution in [-0.2, 0) is 26.3 Å². The maximum atomic E-state index is 13.1. The first-order chi connectivity index (χ1) is 15.1. The molecule has 7 nitrogen and oxygen atoms in total. The Labute approximate surface area is 188 Å². The number of thioether (sulfide) groups is 1. The summed E-state index contributed by atoms with van der Waals surface area (Å²) in [5, 5.41) is 8.32. The van der Waals surface area contributed by atoms with E-state index in [0.717, 1.165) is 73.9 Å². The van der Waals surface area contributed by atoms with Gasteiger partial charge >= 0.3 is 0 Å². The van der Waals surface area contributed by atoms with E-state index >= 15 is 0 Å². The van der Waals surface area contributed by atoms with E-state index in [1.165, 1.54) is 11.3 Å². The molecule has 1 aromatic carbocycles. The number of benzene rings is 1. The zero-order valence-electron chi connectivity index (χ0n) is 18.6. The molecule has 1 atom stereocenters. The number of nitrogens with one attached hydrogen (secondary N) is 1. The van der Waals surface area contributed by atoms with Crippen LogP contribution in [0, 0.1) is 0 Å². The van der Waals surface area contributed by atoms with Crippen LogP contribution in [0.5, 0.6) is 11.5 Å². The molecule has 4 rings (SSSR count). The molecule has 0 radical (unpaired) electrons. The van der Waals surface area contributed by atoms with Gasteiger partial charge in [0.1, 0.15) is 0 Å². The molecule has 31 heavy (non-hydrogen) atoms. The van der Waals surface area contributed by atoms with Crippen molar-refractivity contribution in [2.45, 2.75) is 31.7 Å². The van der Waals surface area contributed by atoms with Crippen LogP contribution in [0.3, 0.4) is 0 Å². The standard InChI is InChI=1S/C23H32N4O3S/c1-26-19-6-5-17(24-9-8-16-4-7-20(29-2)21(14-16)30-3)15-18(19)22(25-26)23(28)27-10-12-31-13-11-27/h4,7,14,17,24H,5-6,8-13,15H2,1-3H3. The summed E-state index contributed by atoms with van der Waals surface area (Å²) >= 11 is 1.91. The monoisotopic (exact) mass is 444 g/mol. The van der Waals surface area contributed by atoms with Crippen molar-refractivity contribution >= 4 is 17.7 Å². The molecular weight excluding hydrogens is 412 g/mol. The van der Waals surface area contributed by atoms with Gasteiger partial charge in [0.15, 0.2) is 17.2 Å². The molecule has 168 valence electrons. The number of aromatic nitrogens is 2.